The molecule has 40 valence electrons. The molecule has 0 aromatic carbocycles. The summed E-state index contributed by atoms with van der Waals surface area (Å²) < 4.78 is 4.80. The molecule has 0 rings (SSSR count). The van der Waals surface area contributed by atoms with Gasteiger partial charge >= 0.3 is 6.13 Å². The lowest BCUT2D eigenvalue weighted by Gasteiger charge is -1.81. The number of allylic oxidation sites excluding steroid dienone is 1. The van der Waals surface area contributed by atoms with Gasteiger partial charge in [0.2, 0.25) is 11.8 Å². The van der Waals surface area contributed by atoms with E-state index in [9.17, 15) is 0 Å². The Morgan fingerprint density at radius 2 is 2.43 bits per heavy atom. The van der Waals surface area contributed by atoms with Gasteiger partial charge < -0.3 is 0 Å². The van der Waals surface area contributed by atoms with Crippen LogP contribution in [-0.2, 0) is 16.3 Å². The zero-order chi connectivity index (χ0) is 5.86. The van der Waals surface area contributed by atoms with Gasteiger partial charge in [-0.05, 0) is 6.92 Å². The molecule has 0 radical (unpaired) electrons. The Balaban J connectivity index is 3.32. The van der Waals surface area contributed by atoms with Crippen molar-refractivity contribution < 1.29 is 4.52 Å². The van der Waals surface area contributed by atoms with Crippen molar-refractivity contribution in [2.75, 3.05) is 0 Å². The summed E-state index contributed by atoms with van der Waals surface area (Å²) in [6.45, 7) is 5.22. The fraction of sp³-hybridized carbons (Fsp3) is 0.333. The molecule has 0 bridgehead atoms. The molecule has 0 fully saturated rings. The molecule has 0 aliphatic heterocycles. The third-order valence-corrected chi connectivity index (χ3v) is 1.17. The minimum atomic E-state index is -0.962. The predicted molar refractivity (Wildman–Crippen MR) is 39.2 cm³/mol. The molecule has 0 spiro atoms. The van der Waals surface area contributed by atoms with Crippen LogP contribution in [0.1, 0.15) is 6.92 Å². The molecule has 4 heteroatoms. The molecule has 7 heavy (non-hydrogen) atoms. The van der Waals surface area contributed by atoms with Crippen LogP contribution < -0.4 is 0 Å². The van der Waals surface area contributed by atoms with Gasteiger partial charge in [-0.25, -0.2) is 0 Å². The number of rotatable bonds is 2. The normalized spacial score (nSPS) is 10.3. The molecule has 0 heterocycles. The highest BCUT2D eigenvalue weighted by Gasteiger charge is 2.00. The lowest BCUT2D eigenvalue weighted by atomic mass is 10.7. The zero-order valence-electron chi connectivity index (χ0n) is 3.92. The van der Waals surface area contributed by atoms with Gasteiger partial charge in [0.15, 0.2) is 5.76 Å². The van der Waals surface area contributed by atoms with E-state index in [-0.39, 0.29) is 0 Å². The van der Waals surface area contributed by atoms with Crippen LogP contribution in [0.5, 0.6) is 0 Å². The average molecular weight is 153 g/mol. The largest absolute Gasteiger partial charge is 0.459 e. The van der Waals surface area contributed by atoms with Crippen LogP contribution in [-0.4, -0.2) is 0 Å². The van der Waals surface area contributed by atoms with E-state index >= 15 is 0 Å². The van der Waals surface area contributed by atoms with Crippen molar-refractivity contribution in [3.8, 4) is 0 Å². The van der Waals surface area contributed by atoms with Crippen molar-refractivity contribution in [2.45, 2.75) is 6.92 Å². The zero-order valence-corrected chi connectivity index (χ0v) is 6.52. The van der Waals surface area contributed by atoms with Crippen LogP contribution in [0, 0.1) is 0 Å². The molecule has 1 unspecified atom stereocenters. The Hall–Kier alpha value is 0.410. The van der Waals surface area contributed by atoms with E-state index in [0.717, 1.165) is 0 Å². The van der Waals surface area contributed by atoms with Crippen LogP contribution in [0.2, 0.25) is 0 Å². The molecule has 0 saturated carbocycles. The summed E-state index contributed by atoms with van der Waals surface area (Å²) >= 11 is 8.44. The molecule has 0 aliphatic carbocycles. The van der Waals surface area contributed by atoms with Crippen LogP contribution in [0.25, 0.3) is 0 Å². The van der Waals surface area contributed by atoms with E-state index in [1.807, 2.05) is 0 Å². The van der Waals surface area contributed by atoms with Gasteiger partial charge in [-0.2, -0.15) is 0 Å². The SMILES string of the molecule is C=C(C)O[P+](=S)S. The Labute approximate surface area is 54.4 Å². The first-order valence-corrected chi connectivity index (χ1v) is 5.05. The Kier molecular flexibility index (Phi) is 3.62. The topological polar surface area (TPSA) is 9.23 Å². The molecule has 1 atom stereocenters. The summed E-state index contributed by atoms with van der Waals surface area (Å²) in [5.41, 5.74) is 0. The van der Waals surface area contributed by atoms with Gasteiger partial charge in [0.1, 0.15) is 12.2 Å². The van der Waals surface area contributed by atoms with Crippen molar-refractivity contribution >= 4 is 30.2 Å². The molecular weight excluding hydrogens is 147 g/mol. The summed E-state index contributed by atoms with van der Waals surface area (Å²) in [4.78, 5) is 0. The van der Waals surface area contributed by atoms with Gasteiger partial charge in [-0.3, -0.25) is 4.52 Å². The molecule has 0 amide bonds. The number of hydrogen-bond acceptors (Lipinski definition) is 2. The van der Waals surface area contributed by atoms with Gasteiger partial charge in [0, 0.05) is 0 Å². The summed E-state index contributed by atoms with van der Waals surface area (Å²) in [7, 11) is 0. The summed E-state index contributed by atoms with van der Waals surface area (Å²) in [5.74, 6) is 0.635. The van der Waals surface area contributed by atoms with E-state index in [0.29, 0.717) is 5.76 Å². The van der Waals surface area contributed by atoms with Crippen molar-refractivity contribution in [3.05, 3.63) is 12.3 Å². The quantitative estimate of drug-likeness (QED) is 0.370. The molecule has 0 aliphatic rings. The van der Waals surface area contributed by atoms with Gasteiger partial charge in [0.05, 0.1) is 0 Å². The van der Waals surface area contributed by atoms with E-state index in [1.54, 1.807) is 6.92 Å². The fourth-order valence-corrected chi connectivity index (χ4v) is 1.20. The monoisotopic (exact) mass is 153 g/mol. The van der Waals surface area contributed by atoms with E-state index in [1.165, 1.54) is 0 Å². The van der Waals surface area contributed by atoms with Crippen molar-refractivity contribution in [1.29, 1.82) is 0 Å². The van der Waals surface area contributed by atoms with Crippen LogP contribution in [0.3, 0.4) is 0 Å². The Morgan fingerprint density at radius 3 is 2.43 bits per heavy atom. The summed E-state index contributed by atoms with van der Waals surface area (Å²) in [6, 6.07) is 0. The third-order valence-electron chi connectivity index (χ3n) is 0.234. The van der Waals surface area contributed by atoms with Crippen molar-refractivity contribution in [1.82, 2.24) is 0 Å². The number of thiol groups is 1. The van der Waals surface area contributed by atoms with Gasteiger partial charge in [-0.15, -0.1) is 0 Å². The maximum absolute atomic E-state index is 4.80. The average Bonchev–Trinajstić information content (AvgIpc) is 1.27. The second-order valence-corrected chi connectivity index (χ2v) is 4.59. The van der Waals surface area contributed by atoms with Crippen molar-refractivity contribution in [2.24, 2.45) is 0 Å². The Bertz CT molecular complexity index is 89.1. The van der Waals surface area contributed by atoms with Gasteiger partial charge in [0.25, 0.3) is 0 Å². The first-order chi connectivity index (χ1) is 3.13. The maximum atomic E-state index is 4.80. The van der Waals surface area contributed by atoms with Crippen LogP contribution >= 0.6 is 18.4 Å². The van der Waals surface area contributed by atoms with E-state index in [4.69, 9.17) is 4.52 Å². The van der Waals surface area contributed by atoms with E-state index in [2.05, 4.69) is 30.6 Å². The first kappa shape index (κ1) is 7.41. The number of hydrogen-bond donors (Lipinski definition) is 1. The van der Waals surface area contributed by atoms with Crippen molar-refractivity contribution in [3.63, 3.8) is 0 Å². The smallest absolute Gasteiger partial charge is 0.271 e. The highest BCUT2D eigenvalue weighted by Crippen LogP contribution is 2.29. The standard InChI is InChI=1S/C3H5OPS2/c1-3(2)4-5(6)7/h1H2,2H3/p+1. The third kappa shape index (κ3) is 6.41. The summed E-state index contributed by atoms with van der Waals surface area (Å²) in [5, 5.41) is 0. The first-order valence-electron chi connectivity index (χ1n) is 1.62. The molecule has 0 saturated heterocycles. The molecule has 0 aromatic heterocycles. The summed E-state index contributed by atoms with van der Waals surface area (Å²) in [6.07, 6.45) is -0.962. The second kappa shape index (κ2) is 3.42. The van der Waals surface area contributed by atoms with E-state index < -0.39 is 6.13 Å². The lowest BCUT2D eigenvalue weighted by Crippen LogP contribution is -1.65. The molecule has 0 aromatic rings. The van der Waals surface area contributed by atoms with Crippen LogP contribution in [0.15, 0.2) is 12.3 Å². The highest BCUT2D eigenvalue weighted by atomic mass is 32.9. The Morgan fingerprint density at radius 1 is 2.00 bits per heavy atom. The molecule has 1 nitrogen and oxygen atoms in total. The lowest BCUT2D eigenvalue weighted by molar-refractivity contribution is 0.499. The van der Waals surface area contributed by atoms with Crippen LogP contribution in [0.4, 0.5) is 0 Å². The highest BCUT2D eigenvalue weighted by molar-refractivity contribution is 8.54. The van der Waals surface area contributed by atoms with Gasteiger partial charge in [-0.1, -0.05) is 6.58 Å². The minimum absolute atomic E-state index is 0.635. The fourth-order valence-electron chi connectivity index (χ4n) is 0.133. The molecule has 0 N–H and O–H groups in total. The second-order valence-electron chi connectivity index (χ2n) is 1.03. The maximum Gasteiger partial charge on any atom is 0.459 e. The molecular formula is C3H6OPS2+. The predicted octanol–water partition coefficient (Wildman–Crippen LogP) is 2.24. The minimum Gasteiger partial charge on any atom is -0.271 e.